The predicted octanol–water partition coefficient (Wildman–Crippen LogP) is 4.56. The molecule has 0 atom stereocenters. The van der Waals surface area contributed by atoms with E-state index in [0.717, 1.165) is 0 Å². The summed E-state index contributed by atoms with van der Waals surface area (Å²) in [6.07, 6.45) is 2.22. The second-order valence-electron chi connectivity index (χ2n) is 4.11. The molecule has 0 saturated carbocycles. The van der Waals surface area contributed by atoms with Crippen LogP contribution in [0.1, 0.15) is 23.6 Å². The van der Waals surface area contributed by atoms with Gasteiger partial charge in [-0.25, -0.2) is 0 Å². The number of allylic oxidation sites excluding steroid dienone is 1. The molecule has 0 aliphatic rings. The molecular formula is C16H16. The maximum atomic E-state index is 2.22. The van der Waals surface area contributed by atoms with Crippen molar-refractivity contribution in [2.24, 2.45) is 0 Å². The normalized spacial score (nSPS) is 11.5. The molecule has 2 rings (SSSR count). The Kier molecular flexibility index (Phi) is 3.21. The van der Waals surface area contributed by atoms with Crippen LogP contribution in [0.3, 0.4) is 0 Å². The molecule has 0 saturated heterocycles. The zero-order valence-electron chi connectivity index (χ0n) is 9.77. The first-order chi connectivity index (χ1) is 7.75. The summed E-state index contributed by atoms with van der Waals surface area (Å²) in [4.78, 5) is 0. The molecule has 0 heteroatoms. The number of aryl methyl sites for hydroxylation is 1. The minimum atomic E-state index is 1.25. The maximum absolute atomic E-state index is 2.22. The zero-order chi connectivity index (χ0) is 11.4. The molecule has 2 aromatic rings. The van der Waals surface area contributed by atoms with Gasteiger partial charge in [0.05, 0.1) is 0 Å². The summed E-state index contributed by atoms with van der Waals surface area (Å²) < 4.78 is 0. The number of benzene rings is 2. The first-order valence-corrected chi connectivity index (χ1v) is 5.56. The van der Waals surface area contributed by atoms with Crippen LogP contribution >= 0.6 is 0 Å². The van der Waals surface area contributed by atoms with Crippen LogP contribution in [0, 0.1) is 6.92 Å². The molecule has 80 valence electrons. The van der Waals surface area contributed by atoms with Crippen molar-refractivity contribution in [2.75, 3.05) is 0 Å². The lowest BCUT2D eigenvalue weighted by molar-refractivity contribution is 1.44. The van der Waals surface area contributed by atoms with Gasteiger partial charge < -0.3 is 0 Å². The Hall–Kier alpha value is -1.82. The molecule has 0 fully saturated rings. The first kappa shape index (κ1) is 10.7. The molecule has 0 aliphatic carbocycles. The van der Waals surface area contributed by atoms with E-state index in [-0.39, 0.29) is 0 Å². The molecule has 0 amide bonds. The van der Waals surface area contributed by atoms with Crippen LogP contribution in [-0.2, 0) is 0 Å². The van der Waals surface area contributed by atoms with Gasteiger partial charge in [-0.1, -0.05) is 66.2 Å². The third-order valence-corrected chi connectivity index (χ3v) is 2.66. The van der Waals surface area contributed by atoms with E-state index in [2.05, 4.69) is 68.5 Å². The summed E-state index contributed by atoms with van der Waals surface area (Å²) in [6, 6.07) is 19.0. The van der Waals surface area contributed by atoms with Gasteiger partial charge in [0.1, 0.15) is 0 Å². The summed E-state index contributed by atoms with van der Waals surface area (Å²) in [7, 11) is 0. The molecule has 0 unspecified atom stereocenters. The van der Waals surface area contributed by atoms with Crippen molar-refractivity contribution in [3.63, 3.8) is 0 Å². The van der Waals surface area contributed by atoms with E-state index >= 15 is 0 Å². The summed E-state index contributed by atoms with van der Waals surface area (Å²) in [5, 5.41) is 0. The minimum Gasteiger partial charge on any atom is -0.0622 e. The zero-order valence-corrected chi connectivity index (χ0v) is 9.77. The average molecular weight is 208 g/mol. The Bertz CT molecular complexity index is 492. The van der Waals surface area contributed by atoms with E-state index in [1.165, 1.54) is 22.3 Å². The van der Waals surface area contributed by atoms with Crippen LogP contribution in [0.4, 0.5) is 0 Å². The van der Waals surface area contributed by atoms with Crippen molar-refractivity contribution < 1.29 is 0 Å². The largest absolute Gasteiger partial charge is 0.0622 e. The molecule has 0 heterocycles. The quantitative estimate of drug-likeness (QED) is 0.635. The van der Waals surface area contributed by atoms with Gasteiger partial charge in [0.25, 0.3) is 0 Å². The van der Waals surface area contributed by atoms with Gasteiger partial charge in [-0.2, -0.15) is 0 Å². The summed E-state index contributed by atoms with van der Waals surface area (Å²) >= 11 is 0. The second-order valence-corrected chi connectivity index (χ2v) is 4.11. The molecule has 0 N–H and O–H groups in total. The Balaban J connectivity index is 2.32. The molecule has 16 heavy (non-hydrogen) atoms. The molecule has 0 aliphatic heterocycles. The lowest BCUT2D eigenvalue weighted by atomic mass is 10.0. The highest BCUT2D eigenvalue weighted by atomic mass is 14.0. The van der Waals surface area contributed by atoms with E-state index in [0.29, 0.717) is 0 Å². The van der Waals surface area contributed by atoms with Gasteiger partial charge >= 0.3 is 0 Å². The van der Waals surface area contributed by atoms with Crippen molar-refractivity contribution in [1.29, 1.82) is 0 Å². The van der Waals surface area contributed by atoms with Gasteiger partial charge in [-0.15, -0.1) is 0 Å². The van der Waals surface area contributed by atoms with E-state index in [9.17, 15) is 0 Å². The Morgan fingerprint density at radius 3 is 2.38 bits per heavy atom. The molecule has 0 nitrogen and oxygen atoms in total. The van der Waals surface area contributed by atoms with Crippen molar-refractivity contribution in [3.05, 3.63) is 71.3 Å². The predicted molar refractivity (Wildman–Crippen MR) is 71.2 cm³/mol. The highest BCUT2D eigenvalue weighted by Crippen LogP contribution is 2.18. The maximum Gasteiger partial charge on any atom is -0.0225 e. The lowest BCUT2D eigenvalue weighted by Gasteiger charge is -2.03. The Morgan fingerprint density at radius 1 is 0.938 bits per heavy atom. The fourth-order valence-corrected chi connectivity index (χ4v) is 1.77. The summed E-state index contributed by atoms with van der Waals surface area (Å²) in [5.41, 5.74) is 5.15. The summed E-state index contributed by atoms with van der Waals surface area (Å²) in [5.74, 6) is 0. The van der Waals surface area contributed by atoms with E-state index in [1.807, 2.05) is 6.07 Å². The van der Waals surface area contributed by atoms with Crippen molar-refractivity contribution >= 4 is 11.6 Å². The standard InChI is InChI=1S/C16H16/c1-13-7-6-10-16(11-13)14(2)12-15-8-4-3-5-9-15/h3-12H,1-2H3/b14-12-. The van der Waals surface area contributed by atoms with Gasteiger partial charge in [0.15, 0.2) is 0 Å². The topological polar surface area (TPSA) is 0 Å². The molecule has 0 bridgehead atoms. The van der Waals surface area contributed by atoms with Gasteiger partial charge in [-0.3, -0.25) is 0 Å². The molecule has 2 aromatic carbocycles. The number of hydrogen-bond donors (Lipinski definition) is 0. The van der Waals surface area contributed by atoms with Crippen LogP contribution in [0.25, 0.3) is 11.6 Å². The molecule has 0 spiro atoms. The van der Waals surface area contributed by atoms with Crippen LogP contribution < -0.4 is 0 Å². The lowest BCUT2D eigenvalue weighted by Crippen LogP contribution is -1.81. The molecule has 0 radical (unpaired) electrons. The SMILES string of the molecule is C/C(=C/c1ccccc1)c1cccc(C)c1. The van der Waals surface area contributed by atoms with E-state index in [4.69, 9.17) is 0 Å². The monoisotopic (exact) mass is 208 g/mol. The van der Waals surface area contributed by atoms with Crippen LogP contribution in [0.15, 0.2) is 54.6 Å². The van der Waals surface area contributed by atoms with E-state index in [1.54, 1.807) is 0 Å². The van der Waals surface area contributed by atoms with Gasteiger partial charge in [0.2, 0.25) is 0 Å². The Labute approximate surface area is 97.3 Å². The third-order valence-electron chi connectivity index (χ3n) is 2.66. The summed E-state index contributed by atoms with van der Waals surface area (Å²) in [6.45, 7) is 4.28. The van der Waals surface area contributed by atoms with Gasteiger partial charge in [0, 0.05) is 0 Å². The highest BCUT2D eigenvalue weighted by Gasteiger charge is 1.95. The second kappa shape index (κ2) is 4.80. The van der Waals surface area contributed by atoms with Crippen LogP contribution in [-0.4, -0.2) is 0 Å². The third kappa shape index (κ3) is 2.60. The molecular weight excluding hydrogens is 192 g/mol. The molecule has 0 aromatic heterocycles. The van der Waals surface area contributed by atoms with Crippen molar-refractivity contribution in [2.45, 2.75) is 13.8 Å². The fourth-order valence-electron chi connectivity index (χ4n) is 1.77. The van der Waals surface area contributed by atoms with Crippen molar-refractivity contribution in [1.82, 2.24) is 0 Å². The minimum absolute atomic E-state index is 1.25. The number of rotatable bonds is 2. The van der Waals surface area contributed by atoms with Gasteiger partial charge in [-0.05, 0) is 30.5 Å². The smallest absolute Gasteiger partial charge is 0.0225 e. The Morgan fingerprint density at radius 2 is 1.69 bits per heavy atom. The van der Waals surface area contributed by atoms with Crippen molar-refractivity contribution in [3.8, 4) is 0 Å². The fraction of sp³-hybridized carbons (Fsp3) is 0.125. The first-order valence-electron chi connectivity index (χ1n) is 5.56. The number of hydrogen-bond acceptors (Lipinski definition) is 0. The van der Waals surface area contributed by atoms with E-state index < -0.39 is 0 Å². The highest BCUT2D eigenvalue weighted by molar-refractivity contribution is 5.80. The van der Waals surface area contributed by atoms with Crippen LogP contribution in [0.5, 0.6) is 0 Å². The average Bonchev–Trinajstić information content (AvgIpc) is 2.30. The van der Waals surface area contributed by atoms with Crippen LogP contribution in [0.2, 0.25) is 0 Å².